The van der Waals surface area contributed by atoms with Crippen LogP contribution in [0.3, 0.4) is 0 Å². The molecule has 14 nitrogen and oxygen atoms in total. The molecule has 0 radical (unpaired) electrons. The Labute approximate surface area is 322 Å². The van der Waals surface area contributed by atoms with Gasteiger partial charge in [0.05, 0.1) is 15.3 Å². The van der Waals surface area contributed by atoms with Gasteiger partial charge in [0.2, 0.25) is 0 Å². The van der Waals surface area contributed by atoms with Crippen LogP contribution >= 0.6 is 14.3 Å². The molecule has 0 aliphatic heterocycles. The molecule has 6 rings (SSSR count). The third-order valence-electron chi connectivity index (χ3n) is 6.72. The molecule has 0 amide bonds. The van der Waals surface area contributed by atoms with Crippen LogP contribution in [0.5, 0.6) is 0 Å². The third-order valence-corrected chi connectivity index (χ3v) is 12.9. The van der Waals surface area contributed by atoms with Gasteiger partial charge < -0.3 is 55.1 Å². The van der Waals surface area contributed by atoms with Crippen LogP contribution in [0.1, 0.15) is 0 Å². The van der Waals surface area contributed by atoms with Crippen LogP contribution in [0.2, 0.25) is 0 Å². The Bertz CT molecular complexity index is 1670. The normalized spacial score (nSPS) is 9.81. The van der Waals surface area contributed by atoms with Crippen molar-refractivity contribution in [2.45, 2.75) is 0 Å². The van der Waals surface area contributed by atoms with Crippen molar-refractivity contribution in [2.75, 3.05) is 0 Å². The van der Waals surface area contributed by atoms with Crippen LogP contribution < -0.4 is 31.8 Å². The van der Waals surface area contributed by atoms with Crippen LogP contribution in [0.4, 0.5) is 0 Å². The van der Waals surface area contributed by atoms with Crippen molar-refractivity contribution in [3.63, 3.8) is 0 Å². The van der Waals surface area contributed by atoms with Gasteiger partial charge in [0.15, 0.2) is 14.3 Å². The molecule has 0 unspecified atom stereocenters. The molecule has 0 aliphatic rings. The quantitative estimate of drug-likeness (QED) is 0.109. The van der Waals surface area contributed by atoms with Crippen LogP contribution in [0.15, 0.2) is 182 Å². The average molecular weight is 788 g/mol. The van der Waals surface area contributed by atoms with Crippen molar-refractivity contribution in [3.8, 4) is 0 Å². The molecule has 0 aliphatic carbocycles. The first-order chi connectivity index (χ1) is 24.8. The Morgan fingerprint density at radius 1 is 0.283 bits per heavy atom. The van der Waals surface area contributed by atoms with Crippen molar-refractivity contribution in [3.05, 3.63) is 228 Å². The maximum atomic E-state index is 13.8. The van der Waals surface area contributed by atoms with Crippen LogP contribution in [-0.2, 0) is 35.0 Å². The topological polar surface area (TPSA) is 233 Å². The zero-order chi connectivity index (χ0) is 38.4. The maximum Gasteiger partial charge on any atom is 3.00 e. The molecule has 0 heterocycles. The van der Waals surface area contributed by atoms with Gasteiger partial charge in [-0.15, -0.1) is 0 Å². The van der Waals surface area contributed by atoms with E-state index in [1.807, 2.05) is 182 Å². The van der Waals surface area contributed by atoms with Crippen molar-refractivity contribution in [1.29, 1.82) is 0 Å². The average Bonchev–Trinajstić information content (AvgIpc) is 3.16. The second kappa shape index (κ2) is 23.7. The van der Waals surface area contributed by atoms with Crippen LogP contribution in [0, 0.1) is 46.0 Å². The smallest absolute Gasteiger partial charge is 0.356 e. The summed E-state index contributed by atoms with van der Waals surface area (Å²) in [5, 5.41) is 49.5. The molecule has 268 valence electrons. The molecule has 53 heavy (non-hydrogen) atoms. The van der Waals surface area contributed by atoms with E-state index in [0.29, 0.717) is 0 Å². The Balaban J connectivity index is 0.000000402. The molecular formula is C36H30N3O11P2Sc. The van der Waals surface area contributed by atoms with E-state index in [0.717, 1.165) is 31.8 Å². The van der Waals surface area contributed by atoms with Crippen LogP contribution in [-0.4, -0.2) is 15.3 Å². The number of hydrogen-bond donors (Lipinski definition) is 0. The van der Waals surface area contributed by atoms with Crippen molar-refractivity contribution in [2.24, 2.45) is 0 Å². The molecule has 0 bridgehead atoms. The fourth-order valence-corrected chi connectivity index (χ4v) is 10.1. The number of hydrogen-bond acceptors (Lipinski definition) is 11. The summed E-state index contributed by atoms with van der Waals surface area (Å²) in [5.74, 6) is 0. The number of rotatable bonds is 6. The van der Waals surface area contributed by atoms with Gasteiger partial charge in [-0.1, -0.05) is 182 Å². The van der Waals surface area contributed by atoms with E-state index in [4.69, 9.17) is 46.0 Å². The second-order valence-corrected chi connectivity index (χ2v) is 15.4. The Hall–Kier alpha value is -5.75. The summed E-state index contributed by atoms with van der Waals surface area (Å²) in [7, 11) is -5.55. The molecule has 0 saturated heterocycles. The van der Waals surface area contributed by atoms with Gasteiger partial charge >= 0.3 is 25.8 Å². The summed E-state index contributed by atoms with van der Waals surface area (Å²) in [4.78, 5) is 24.8. The summed E-state index contributed by atoms with van der Waals surface area (Å²) >= 11 is 0. The van der Waals surface area contributed by atoms with Gasteiger partial charge in [-0.05, 0) is 0 Å². The van der Waals surface area contributed by atoms with E-state index < -0.39 is 29.5 Å². The van der Waals surface area contributed by atoms with Crippen molar-refractivity contribution in [1.82, 2.24) is 0 Å². The molecule has 6 aromatic carbocycles. The van der Waals surface area contributed by atoms with Gasteiger partial charge in [0.25, 0.3) is 0 Å². The predicted octanol–water partition coefficient (Wildman–Crippen LogP) is 5.93. The molecule has 0 fully saturated rings. The fraction of sp³-hybridized carbons (Fsp3) is 0. The summed E-state index contributed by atoms with van der Waals surface area (Å²) in [6.07, 6.45) is 0. The van der Waals surface area contributed by atoms with E-state index in [9.17, 15) is 9.13 Å². The Kier molecular flexibility index (Phi) is 20.2. The maximum absolute atomic E-state index is 13.8. The monoisotopic (exact) mass is 787 g/mol. The minimum atomic E-state index is -2.78. The zero-order valence-corrected chi connectivity index (χ0v) is 31.2. The SMILES string of the molecule is O=P(c1ccccc1)(c1ccccc1)c1ccccc1.O=P(c1ccccc1)(c1ccccc1)c1ccccc1.O=[N+]([O-])[O-].O=[N+]([O-])[O-].O=[N+]([O-])[O-].[Sc+3]. The van der Waals surface area contributed by atoms with Gasteiger partial charge in [-0.2, -0.15) is 0 Å². The van der Waals surface area contributed by atoms with Gasteiger partial charge in [-0.25, -0.2) is 0 Å². The third kappa shape index (κ3) is 14.8. The first-order valence-corrected chi connectivity index (χ1v) is 18.2. The molecular weight excluding hydrogens is 757 g/mol. The van der Waals surface area contributed by atoms with E-state index in [1.165, 1.54) is 0 Å². The summed E-state index contributed by atoms with van der Waals surface area (Å²) in [6, 6.07) is 58.3. The minimum Gasteiger partial charge on any atom is -0.356 e. The van der Waals surface area contributed by atoms with E-state index in [1.54, 1.807) is 0 Å². The number of nitrogens with zero attached hydrogens (tertiary/aromatic N) is 3. The van der Waals surface area contributed by atoms with Crippen molar-refractivity contribution < 1.29 is 50.2 Å². The van der Waals surface area contributed by atoms with E-state index in [2.05, 4.69) is 0 Å². The zero-order valence-electron chi connectivity index (χ0n) is 27.6. The van der Waals surface area contributed by atoms with Crippen molar-refractivity contribution >= 4 is 46.1 Å². The molecule has 0 N–H and O–H groups in total. The van der Waals surface area contributed by atoms with Crippen LogP contribution in [0.25, 0.3) is 0 Å². The molecule has 0 spiro atoms. The Morgan fingerprint density at radius 3 is 0.472 bits per heavy atom. The summed E-state index contributed by atoms with van der Waals surface area (Å²) in [6.45, 7) is 0. The molecule has 0 aromatic heterocycles. The largest absolute Gasteiger partial charge is 3.00 e. The molecule has 0 atom stereocenters. The molecule has 0 saturated carbocycles. The van der Waals surface area contributed by atoms with E-state index >= 15 is 0 Å². The Morgan fingerprint density at radius 2 is 0.377 bits per heavy atom. The van der Waals surface area contributed by atoms with E-state index in [-0.39, 0.29) is 25.8 Å². The van der Waals surface area contributed by atoms with Gasteiger partial charge in [0, 0.05) is 31.8 Å². The number of benzene rings is 6. The summed E-state index contributed by atoms with van der Waals surface area (Å²) < 4.78 is 27.6. The second-order valence-electron chi connectivity index (χ2n) is 9.90. The molecule has 17 heteroatoms. The molecule has 6 aromatic rings. The first-order valence-electron chi connectivity index (χ1n) is 14.8. The minimum absolute atomic E-state index is 0. The standard InChI is InChI=1S/2C18H15OP.3NO3.Sc/c2*19-20(16-10-4-1-5-11-16,17-12-6-2-7-13-17)18-14-8-3-9-15-18;3*2-1(3)4;/h2*1-15H;;;;/q;;3*-1;+3. The predicted molar refractivity (Wildman–Crippen MR) is 203 cm³/mol. The summed E-state index contributed by atoms with van der Waals surface area (Å²) in [5.41, 5.74) is 0. The first kappa shape index (κ1) is 45.3. The van der Waals surface area contributed by atoms with Gasteiger partial charge in [0.1, 0.15) is 0 Å². The fourth-order valence-electron chi connectivity index (χ4n) is 4.72. The van der Waals surface area contributed by atoms with Gasteiger partial charge in [-0.3, -0.25) is 0 Å².